The molecule has 18 nitrogen and oxygen atoms in total. The van der Waals surface area contributed by atoms with Crippen LogP contribution in [0.15, 0.2) is 24.3 Å². The van der Waals surface area contributed by atoms with Gasteiger partial charge in [0.15, 0.2) is 52.5 Å². The molecule has 0 saturated carbocycles. The zero-order chi connectivity index (χ0) is 33.1. The van der Waals surface area contributed by atoms with Gasteiger partial charge in [-0.25, -0.2) is 14.4 Å². The first kappa shape index (κ1) is 30.6. The van der Waals surface area contributed by atoms with Gasteiger partial charge in [-0.3, -0.25) is 0 Å². The van der Waals surface area contributed by atoms with Crippen LogP contribution in [0.5, 0.6) is 51.7 Å². The first-order valence-corrected chi connectivity index (χ1v) is 12.5. The number of aromatic hydroxyl groups is 9. The molecule has 2 bridgehead atoms. The van der Waals surface area contributed by atoms with Crippen molar-refractivity contribution < 1.29 is 89.5 Å². The number of carbonyl (C=O) groups excluding carboxylic acids is 3. The largest absolute Gasteiger partial charge is 0.504 e. The van der Waals surface area contributed by atoms with Crippen LogP contribution in [0.25, 0.3) is 11.1 Å². The molecule has 45 heavy (non-hydrogen) atoms. The summed E-state index contributed by atoms with van der Waals surface area (Å²) in [5, 5.41) is 113. The van der Waals surface area contributed by atoms with E-state index >= 15 is 0 Å². The molecule has 0 unspecified atom stereocenters. The molecule has 0 spiro atoms. The van der Waals surface area contributed by atoms with Gasteiger partial charge in [0.25, 0.3) is 0 Å². The SMILES string of the molecule is O=C(O[C@@H]1O[C@H]2COC(=O)c3cc(O)c(O)c(O)c3-c3c(cc(O)c(O)c3O)C(=O)O[C@@H]([C@@H]1O)[C@@H]2O)c1cc(O)c(O)c(O)c1. The highest BCUT2D eigenvalue weighted by Crippen LogP contribution is 2.53. The second-order valence-electron chi connectivity index (χ2n) is 9.79. The Hall–Kier alpha value is -5.85. The maximum atomic E-state index is 13.5. The van der Waals surface area contributed by atoms with Crippen molar-refractivity contribution >= 4 is 17.9 Å². The van der Waals surface area contributed by atoms with Gasteiger partial charge >= 0.3 is 17.9 Å². The molecule has 18 heteroatoms. The fourth-order valence-corrected chi connectivity index (χ4v) is 4.71. The summed E-state index contributed by atoms with van der Waals surface area (Å²) in [5.41, 5.74) is -4.12. The Balaban J connectivity index is 1.61. The molecule has 3 aromatic rings. The van der Waals surface area contributed by atoms with E-state index in [1.807, 2.05) is 0 Å². The molecule has 0 aliphatic carbocycles. The second-order valence-corrected chi connectivity index (χ2v) is 9.79. The molecule has 1 saturated heterocycles. The second kappa shape index (κ2) is 11.0. The van der Waals surface area contributed by atoms with Crippen molar-refractivity contribution in [3.05, 3.63) is 41.0 Å². The van der Waals surface area contributed by atoms with E-state index in [9.17, 15) is 70.6 Å². The van der Waals surface area contributed by atoms with Crippen molar-refractivity contribution in [3.8, 4) is 62.9 Å². The summed E-state index contributed by atoms with van der Waals surface area (Å²) in [6, 6.07) is 2.45. The van der Waals surface area contributed by atoms with Gasteiger partial charge in [-0.1, -0.05) is 0 Å². The topological polar surface area (TPSA) is 311 Å². The van der Waals surface area contributed by atoms with Gasteiger partial charge < -0.3 is 75.1 Å². The lowest BCUT2D eigenvalue weighted by Crippen LogP contribution is -2.61. The minimum Gasteiger partial charge on any atom is -0.504 e. The summed E-state index contributed by atoms with van der Waals surface area (Å²) >= 11 is 0. The Morgan fingerprint density at radius 1 is 0.667 bits per heavy atom. The van der Waals surface area contributed by atoms with Crippen molar-refractivity contribution in [1.29, 1.82) is 0 Å². The van der Waals surface area contributed by atoms with E-state index in [0.29, 0.717) is 24.3 Å². The van der Waals surface area contributed by atoms with Gasteiger partial charge in [0.2, 0.25) is 17.8 Å². The average molecular weight is 634 g/mol. The number of hydrogen-bond acceptors (Lipinski definition) is 18. The van der Waals surface area contributed by atoms with E-state index in [1.54, 1.807) is 0 Å². The maximum Gasteiger partial charge on any atom is 0.340 e. The van der Waals surface area contributed by atoms with Gasteiger partial charge in [0, 0.05) is 11.1 Å². The fraction of sp³-hybridized carbons (Fsp3) is 0.222. The molecule has 3 aromatic carbocycles. The summed E-state index contributed by atoms with van der Waals surface area (Å²) in [5.74, 6) is -14.5. The zero-order valence-corrected chi connectivity index (χ0v) is 22.2. The highest BCUT2D eigenvalue weighted by atomic mass is 16.7. The predicted octanol–water partition coefficient (Wildman–Crippen LogP) is -0.297. The van der Waals surface area contributed by atoms with Crippen LogP contribution in [0.3, 0.4) is 0 Å². The van der Waals surface area contributed by atoms with Crippen LogP contribution in [-0.4, -0.2) is 111 Å². The number of rotatable bonds is 2. The van der Waals surface area contributed by atoms with Crippen LogP contribution in [0.1, 0.15) is 31.1 Å². The molecule has 11 N–H and O–H groups in total. The standard InChI is InChI=1S/C27H22O18/c28-9-1-6(2-10(29)16(9)32)24(39)45-27-22(38)23-19(35)13(43-27)5-42-25(40)7-3-11(30)17(33)20(36)14(7)15-8(26(41)44-23)4-12(31)18(34)21(15)37/h1-4,13,19,22-23,27-38H,5H2/t13-,19+,22-,23+,27-/m0/s1. The lowest BCUT2D eigenvalue weighted by Gasteiger charge is -2.41. The third-order valence-electron chi connectivity index (χ3n) is 6.99. The van der Waals surface area contributed by atoms with E-state index < -0.39 is 135 Å². The third-order valence-corrected chi connectivity index (χ3v) is 6.99. The molecule has 2 aliphatic rings. The molecule has 0 radical (unpaired) electrons. The number of fused-ring (bicyclic) bond motifs is 5. The smallest absolute Gasteiger partial charge is 0.340 e. The van der Waals surface area contributed by atoms with Gasteiger partial charge in [-0.2, -0.15) is 0 Å². The van der Waals surface area contributed by atoms with Crippen LogP contribution >= 0.6 is 0 Å². The number of phenolic OH excluding ortho intramolecular Hbond substituents is 9. The normalized spacial score (nSPS) is 22.9. The van der Waals surface area contributed by atoms with Crippen molar-refractivity contribution in [1.82, 2.24) is 0 Å². The number of benzene rings is 3. The number of hydrogen-bond donors (Lipinski definition) is 11. The highest BCUT2D eigenvalue weighted by molar-refractivity contribution is 6.08. The molecular formula is C27H22O18. The zero-order valence-electron chi connectivity index (χ0n) is 22.2. The Morgan fingerprint density at radius 3 is 1.69 bits per heavy atom. The number of ether oxygens (including phenoxy) is 4. The van der Waals surface area contributed by atoms with Crippen LogP contribution in [0, 0.1) is 0 Å². The number of esters is 3. The molecule has 2 heterocycles. The first-order valence-electron chi connectivity index (χ1n) is 12.5. The molecule has 2 aliphatic heterocycles. The summed E-state index contributed by atoms with van der Waals surface area (Å²) in [6.45, 7) is -0.947. The Morgan fingerprint density at radius 2 is 1.16 bits per heavy atom. The van der Waals surface area contributed by atoms with Crippen molar-refractivity contribution in [2.45, 2.75) is 30.7 Å². The molecule has 5 rings (SSSR count). The molecule has 1 fully saturated rings. The quantitative estimate of drug-likeness (QED) is 0.0979. The lowest BCUT2D eigenvalue weighted by atomic mass is 9.91. The predicted molar refractivity (Wildman–Crippen MR) is 139 cm³/mol. The lowest BCUT2D eigenvalue weighted by molar-refractivity contribution is -0.284. The molecule has 5 atom stereocenters. The van der Waals surface area contributed by atoms with E-state index in [4.69, 9.17) is 18.9 Å². The van der Waals surface area contributed by atoms with E-state index in [1.165, 1.54) is 0 Å². The Kier molecular flexibility index (Phi) is 7.49. The van der Waals surface area contributed by atoms with E-state index in [0.717, 1.165) is 0 Å². The van der Waals surface area contributed by atoms with Gasteiger partial charge in [0.05, 0.1) is 16.7 Å². The fourth-order valence-electron chi connectivity index (χ4n) is 4.71. The van der Waals surface area contributed by atoms with Gasteiger partial charge in [0.1, 0.15) is 18.8 Å². The minimum atomic E-state index is -2.22. The molecule has 0 amide bonds. The molecular weight excluding hydrogens is 612 g/mol. The van der Waals surface area contributed by atoms with Crippen molar-refractivity contribution in [3.63, 3.8) is 0 Å². The number of aliphatic hydroxyl groups excluding tert-OH is 2. The van der Waals surface area contributed by atoms with E-state index in [-0.39, 0.29) is 0 Å². The summed E-state index contributed by atoms with van der Waals surface area (Å²) in [4.78, 5) is 39.4. The van der Waals surface area contributed by atoms with Crippen LogP contribution in [0.2, 0.25) is 0 Å². The summed E-state index contributed by atoms with van der Waals surface area (Å²) in [7, 11) is 0. The number of cyclic esters (lactones) is 1. The van der Waals surface area contributed by atoms with E-state index in [2.05, 4.69) is 0 Å². The highest BCUT2D eigenvalue weighted by Gasteiger charge is 2.50. The number of phenols is 9. The Bertz CT molecular complexity index is 1730. The van der Waals surface area contributed by atoms with Gasteiger partial charge in [-0.15, -0.1) is 0 Å². The number of aliphatic hydroxyl groups is 2. The maximum absolute atomic E-state index is 13.5. The minimum absolute atomic E-state index is 0.508. The average Bonchev–Trinajstić information content (AvgIpc) is 2.99. The Labute approximate surface area is 248 Å². The number of carbonyl (C=O) groups is 3. The van der Waals surface area contributed by atoms with Crippen LogP contribution in [-0.2, 0) is 18.9 Å². The summed E-state index contributed by atoms with van der Waals surface area (Å²) < 4.78 is 20.8. The third kappa shape index (κ3) is 5.07. The van der Waals surface area contributed by atoms with Crippen molar-refractivity contribution in [2.24, 2.45) is 0 Å². The van der Waals surface area contributed by atoms with Gasteiger partial charge in [-0.05, 0) is 24.3 Å². The summed E-state index contributed by atoms with van der Waals surface area (Å²) in [6.07, 6.45) is -10.2. The van der Waals surface area contributed by atoms with Crippen molar-refractivity contribution in [2.75, 3.05) is 6.61 Å². The van der Waals surface area contributed by atoms with Crippen LogP contribution < -0.4 is 0 Å². The van der Waals surface area contributed by atoms with Crippen LogP contribution in [0.4, 0.5) is 0 Å². The molecule has 0 aromatic heterocycles. The first-order chi connectivity index (χ1) is 21.1. The molecule has 238 valence electrons. The monoisotopic (exact) mass is 634 g/mol.